The van der Waals surface area contributed by atoms with Gasteiger partial charge in [0.15, 0.2) is 0 Å². The van der Waals surface area contributed by atoms with Crippen molar-refractivity contribution in [1.29, 1.82) is 0 Å². The highest BCUT2D eigenvalue weighted by atomic mass is 32.3. The van der Waals surface area contributed by atoms with Gasteiger partial charge < -0.3 is 0 Å². The van der Waals surface area contributed by atoms with Crippen molar-refractivity contribution in [3.63, 3.8) is 0 Å². The fourth-order valence-corrected chi connectivity index (χ4v) is 7.78. The summed E-state index contributed by atoms with van der Waals surface area (Å²) in [6.45, 7) is 2.03. The van der Waals surface area contributed by atoms with E-state index in [1.54, 1.807) is 3.71 Å². The number of rotatable bonds is 5. The number of hydrogen-bond acceptors (Lipinski definition) is 5. The Morgan fingerprint density at radius 1 is 1.04 bits per heavy atom. The maximum absolute atomic E-state index is 13.5. The number of aromatic nitrogens is 1. The molecule has 0 radical (unpaired) electrons. The molecular formula is C20H22N2O2S3. The van der Waals surface area contributed by atoms with Crippen molar-refractivity contribution in [3.05, 3.63) is 54.1 Å². The van der Waals surface area contributed by atoms with Crippen LogP contribution in [0, 0.1) is 6.92 Å². The second-order valence-electron chi connectivity index (χ2n) is 6.90. The molecule has 0 N–H and O–H groups in total. The monoisotopic (exact) mass is 418 g/mol. The standard InChI is InChI=1S/C20H22N2O2S3/c1-15-11-13-17(14-12-15)26-22(16-7-3-2-4-8-16)27(23,24)20-21-18-9-5-6-10-19(18)25-20/h5-6,9-14,16H,2-4,7-8H2,1H3. The third-order valence-corrected chi connectivity index (χ3v) is 9.61. The molecule has 0 aliphatic heterocycles. The lowest BCUT2D eigenvalue weighted by molar-refractivity contribution is 0.345. The molecule has 1 saturated carbocycles. The number of aryl methyl sites for hydroxylation is 1. The Bertz CT molecular complexity index is 990. The molecule has 2 aromatic carbocycles. The van der Waals surface area contributed by atoms with Crippen LogP contribution in [0.2, 0.25) is 0 Å². The van der Waals surface area contributed by atoms with Gasteiger partial charge in [0.05, 0.1) is 10.2 Å². The number of sulfonamides is 1. The average Bonchev–Trinajstić information content (AvgIpc) is 3.13. The molecule has 0 spiro atoms. The summed E-state index contributed by atoms with van der Waals surface area (Å²) in [5, 5.41) is 0. The Labute approximate surface area is 168 Å². The quantitative estimate of drug-likeness (QED) is 0.504. The minimum atomic E-state index is -3.67. The van der Waals surface area contributed by atoms with Crippen LogP contribution in [0.15, 0.2) is 57.8 Å². The van der Waals surface area contributed by atoms with Crippen molar-refractivity contribution < 1.29 is 8.42 Å². The zero-order valence-corrected chi connectivity index (χ0v) is 17.6. The molecule has 4 rings (SSSR count). The van der Waals surface area contributed by atoms with Crippen LogP contribution in [0.4, 0.5) is 0 Å². The van der Waals surface area contributed by atoms with Crippen LogP contribution in [0.3, 0.4) is 0 Å². The zero-order valence-electron chi connectivity index (χ0n) is 15.2. The summed E-state index contributed by atoms with van der Waals surface area (Å²) in [5.41, 5.74) is 1.91. The van der Waals surface area contributed by atoms with E-state index in [0.717, 1.165) is 46.4 Å². The van der Waals surface area contributed by atoms with E-state index in [0.29, 0.717) is 0 Å². The van der Waals surface area contributed by atoms with E-state index in [4.69, 9.17) is 0 Å². The molecule has 1 heterocycles. The average molecular weight is 419 g/mol. The minimum Gasteiger partial charge on any atom is -0.224 e. The Kier molecular flexibility index (Phi) is 5.55. The van der Waals surface area contributed by atoms with E-state index in [9.17, 15) is 8.42 Å². The van der Waals surface area contributed by atoms with Crippen LogP contribution < -0.4 is 0 Å². The number of para-hydroxylation sites is 1. The maximum atomic E-state index is 13.5. The minimum absolute atomic E-state index is 0.0158. The highest BCUT2D eigenvalue weighted by Crippen LogP contribution is 2.38. The van der Waals surface area contributed by atoms with Crippen LogP contribution in [0.1, 0.15) is 37.7 Å². The first-order chi connectivity index (χ1) is 13.0. The molecule has 1 aliphatic rings. The molecular weight excluding hydrogens is 396 g/mol. The zero-order chi connectivity index (χ0) is 18.9. The van der Waals surface area contributed by atoms with E-state index in [1.807, 2.05) is 55.5 Å². The topological polar surface area (TPSA) is 50.3 Å². The highest BCUT2D eigenvalue weighted by Gasteiger charge is 2.35. The second-order valence-corrected chi connectivity index (χ2v) is 11.2. The third kappa shape index (κ3) is 4.06. The van der Waals surface area contributed by atoms with Crippen molar-refractivity contribution in [2.45, 2.75) is 54.3 Å². The summed E-state index contributed by atoms with van der Waals surface area (Å²) in [6, 6.07) is 15.6. The maximum Gasteiger partial charge on any atom is 0.280 e. The SMILES string of the molecule is Cc1ccc(SN(C2CCCCC2)S(=O)(=O)c2nc3ccccc3s2)cc1. The van der Waals surface area contributed by atoms with Gasteiger partial charge in [0.1, 0.15) is 0 Å². The van der Waals surface area contributed by atoms with Crippen LogP contribution in [-0.4, -0.2) is 23.2 Å². The van der Waals surface area contributed by atoms with E-state index < -0.39 is 10.0 Å². The molecule has 1 aromatic heterocycles. The van der Waals surface area contributed by atoms with Gasteiger partial charge >= 0.3 is 0 Å². The van der Waals surface area contributed by atoms with Crippen molar-refractivity contribution in [2.24, 2.45) is 0 Å². The van der Waals surface area contributed by atoms with Gasteiger partial charge in [-0.1, -0.05) is 49.1 Å². The van der Waals surface area contributed by atoms with Gasteiger partial charge in [-0.15, -0.1) is 15.0 Å². The summed E-state index contributed by atoms with van der Waals surface area (Å²) in [7, 11) is -3.67. The molecule has 0 atom stereocenters. The molecule has 7 heteroatoms. The predicted molar refractivity (Wildman–Crippen MR) is 113 cm³/mol. The number of hydrogen-bond donors (Lipinski definition) is 0. The highest BCUT2D eigenvalue weighted by molar-refractivity contribution is 8.09. The Hall–Kier alpha value is -1.41. The van der Waals surface area contributed by atoms with Crippen LogP contribution in [-0.2, 0) is 10.0 Å². The lowest BCUT2D eigenvalue weighted by Crippen LogP contribution is -2.36. The van der Waals surface area contributed by atoms with Crippen molar-refractivity contribution >= 4 is 43.5 Å². The van der Waals surface area contributed by atoms with Gasteiger partial charge in [0.25, 0.3) is 10.0 Å². The van der Waals surface area contributed by atoms with Gasteiger partial charge in [-0.2, -0.15) is 0 Å². The van der Waals surface area contributed by atoms with Crippen LogP contribution in [0.25, 0.3) is 10.2 Å². The molecule has 0 unspecified atom stereocenters. The molecule has 4 nitrogen and oxygen atoms in total. The molecule has 3 aromatic rings. The van der Waals surface area contributed by atoms with E-state index >= 15 is 0 Å². The number of nitrogens with zero attached hydrogens (tertiary/aromatic N) is 2. The smallest absolute Gasteiger partial charge is 0.224 e. The van der Waals surface area contributed by atoms with Gasteiger partial charge in [0, 0.05) is 10.9 Å². The van der Waals surface area contributed by atoms with Crippen LogP contribution >= 0.6 is 23.3 Å². The van der Waals surface area contributed by atoms with Gasteiger partial charge in [-0.25, -0.2) is 13.4 Å². The summed E-state index contributed by atoms with van der Waals surface area (Å²) in [5.74, 6) is 0. The van der Waals surface area contributed by atoms with Gasteiger partial charge in [-0.3, -0.25) is 0 Å². The first kappa shape index (κ1) is 18.9. The van der Waals surface area contributed by atoms with Gasteiger partial charge in [-0.05, 0) is 56.0 Å². The van der Waals surface area contributed by atoms with Crippen molar-refractivity contribution in [2.75, 3.05) is 0 Å². The fraction of sp³-hybridized carbons (Fsp3) is 0.350. The van der Waals surface area contributed by atoms with E-state index in [-0.39, 0.29) is 10.4 Å². The van der Waals surface area contributed by atoms with Crippen molar-refractivity contribution in [1.82, 2.24) is 8.69 Å². The lowest BCUT2D eigenvalue weighted by Gasteiger charge is -2.31. The molecule has 0 bridgehead atoms. The molecule has 27 heavy (non-hydrogen) atoms. The lowest BCUT2D eigenvalue weighted by atomic mass is 9.96. The predicted octanol–water partition coefficient (Wildman–Crippen LogP) is 5.64. The molecule has 0 saturated heterocycles. The Morgan fingerprint density at radius 2 is 1.74 bits per heavy atom. The number of fused-ring (bicyclic) bond motifs is 1. The first-order valence-electron chi connectivity index (χ1n) is 9.19. The summed E-state index contributed by atoms with van der Waals surface area (Å²) in [6.07, 6.45) is 5.14. The fourth-order valence-electron chi connectivity index (χ4n) is 3.35. The second kappa shape index (κ2) is 7.91. The summed E-state index contributed by atoms with van der Waals surface area (Å²) in [4.78, 5) is 5.37. The third-order valence-electron chi connectivity index (χ3n) is 4.82. The molecule has 1 aliphatic carbocycles. The van der Waals surface area contributed by atoms with Crippen LogP contribution in [0.5, 0.6) is 0 Å². The number of benzene rings is 2. The summed E-state index contributed by atoms with van der Waals surface area (Å²) < 4.78 is 29.8. The molecule has 142 valence electrons. The molecule has 0 amide bonds. The number of thiazole rings is 1. The Morgan fingerprint density at radius 3 is 2.44 bits per heavy atom. The Balaban J connectivity index is 1.72. The van der Waals surface area contributed by atoms with E-state index in [1.165, 1.54) is 29.7 Å². The summed E-state index contributed by atoms with van der Waals surface area (Å²) >= 11 is 2.58. The molecule has 1 fully saturated rings. The van der Waals surface area contributed by atoms with Crippen molar-refractivity contribution in [3.8, 4) is 0 Å². The van der Waals surface area contributed by atoms with Gasteiger partial charge in [0.2, 0.25) is 4.34 Å². The largest absolute Gasteiger partial charge is 0.280 e. The van der Waals surface area contributed by atoms with E-state index in [2.05, 4.69) is 4.98 Å². The normalized spacial score (nSPS) is 16.2. The first-order valence-corrected chi connectivity index (χ1v) is 12.2.